The fourth-order valence-electron chi connectivity index (χ4n) is 6.52. The topological polar surface area (TPSA) is 113 Å². The Hall–Kier alpha value is -3.56. The van der Waals surface area contributed by atoms with Crippen LogP contribution in [0.3, 0.4) is 0 Å². The number of nitrogens with one attached hydrogen (secondary N) is 1. The Balaban J connectivity index is 1.20. The molecule has 16 heteroatoms. The first kappa shape index (κ1) is 33.0. The van der Waals surface area contributed by atoms with Gasteiger partial charge in [0.25, 0.3) is 0 Å². The smallest absolute Gasteiger partial charge is 0.226 e. The Kier molecular flexibility index (Phi) is 9.44. The predicted molar refractivity (Wildman–Crippen MR) is 188 cm³/mol. The highest BCUT2D eigenvalue weighted by atomic mass is 127. The van der Waals surface area contributed by atoms with E-state index in [0.29, 0.717) is 65.9 Å². The van der Waals surface area contributed by atoms with Gasteiger partial charge in [-0.1, -0.05) is 0 Å². The number of ether oxygens (including phenoxy) is 3. The average molecular weight is 793 g/mol. The number of halogens is 3. The Bertz CT molecular complexity index is 1940. The third-order valence-corrected chi connectivity index (χ3v) is 10.4. The third-order valence-electron chi connectivity index (χ3n) is 9.21. The first-order chi connectivity index (χ1) is 23.3. The van der Waals surface area contributed by atoms with Gasteiger partial charge in [-0.15, -0.1) is 5.10 Å². The summed E-state index contributed by atoms with van der Waals surface area (Å²) in [5.74, 6) is 1.34. The van der Waals surface area contributed by atoms with Crippen LogP contribution in [0.15, 0.2) is 42.7 Å². The zero-order chi connectivity index (χ0) is 33.4. The van der Waals surface area contributed by atoms with Crippen LogP contribution in [-0.2, 0) is 17.6 Å². The lowest BCUT2D eigenvalue weighted by Crippen LogP contribution is -2.42. The lowest BCUT2D eigenvalue weighted by molar-refractivity contribution is -0.00944. The van der Waals surface area contributed by atoms with Crippen molar-refractivity contribution in [1.29, 1.82) is 0 Å². The maximum atomic E-state index is 15.4. The van der Waals surface area contributed by atoms with E-state index in [1.807, 2.05) is 27.9 Å². The van der Waals surface area contributed by atoms with Gasteiger partial charge in [0.1, 0.15) is 17.7 Å². The summed E-state index contributed by atoms with van der Waals surface area (Å²) in [7, 11) is 4.60. The van der Waals surface area contributed by atoms with Crippen molar-refractivity contribution in [1.82, 2.24) is 29.4 Å². The lowest BCUT2D eigenvalue weighted by atomic mass is 9.80. The van der Waals surface area contributed by atoms with Gasteiger partial charge >= 0.3 is 0 Å². The monoisotopic (exact) mass is 792 g/mol. The largest absolute Gasteiger partial charge is 0.497 e. The van der Waals surface area contributed by atoms with Crippen molar-refractivity contribution in [3.8, 4) is 17.2 Å². The molecule has 3 unspecified atom stereocenters. The molecule has 1 N–H and O–H groups in total. The number of fused-ring (bicyclic) bond motifs is 3. The molecule has 0 radical (unpaired) electrons. The summed E-state index contributed by atoms with van der Waals surface area (Å²) < 4.78 is 56.1. The summed E-state index contributed by atoms with van der Waals surface area (Å²) in [6.07, 6.45) is 6.09. The van der Waals surface area contributed by atoms with Gasteiger partial charge in [-0.2, -0.15) is 9.61 Å². The van der Waals surface area contributed by atoms with Crippen LogP contribution in [-0.4, -0.2) is 75.6 Å². The Morgan fingerprint density at radius 1 is 1.06 bits per heavy atom. The molecule has 2 aliphatic rings. The van der Waals surface area contributed by atoms with Crippen LogP contribution in [0, 0.1) is 5.82 Å². The number of nitrogens with zero attached hydrogens (tertiary/aromatic N) is 7. The number of hydrogen-bond donors (Lipinski definition) is 1. The second-order valence-corrected chi connectivity index (χ2v) is 13.9. The van der Waals surface area contributed by atoms with Gasteiger partial charge in [0, 0.05) is 54.8 Å². The van der Waals surface area contributed by atoms with E-state index < -0.39 is 12.0 Å². The van der Waals surface area contributed by atoms with Crippen molar-refractivity contribution < 1.29 is 27.5 Å². The zero-order valence-electron chi connectivity index (χ0n) is 26.8. The number of anilines is 2. The molecule has 2 fully saturated rings. The highest BCUT2D eigenvalue weighted by Gasteiger charge is 2.39. The Labute approximate surface area is 290 Å². The third kappa shape index (κ3) is 6.43. The van der Waals surface area contributed by atoms with Crippen molar-refractivity contribution in [2.75, 3.05) is 44.6 Å². The molecule has 2 aromatic carbocycles. The quantitative estimate of drug-likeness (QED) is 0.112. The summed E-state index contributed by atoms with van der Waals surface area (Å²) in [6, 6.07) is 8.44. The highest BCUT2D eigenvalue weighted by Crippen LogP contribution is 2.44. The summed E-state index contributed by atoms with van der Waals surface area (Å²) in [4.78, 5) is 11.7. The zero-order valence-corrected chi connectivity index (χ0v) is 29.9. The summed E-state index contributed by atoms with van der Waals surface area (Å²) in [5.41, 5.74) is 2.42. The number of alkyl halides is 1. The first-order valence-electron chi connectivity index (χ1n) is 15.7. The van der Waals surface area contributed by atoms with Gasteiger partial charge in [-0.05, 0) is 65.9 Å². The SMILES string of the molecule is COc1ccc(CNc2nc3cc(OC)c(F)cc3c3nc(C4CC(F)CN(c5cnn(CC6(OPI)CCC6)c5)C4)nn23)c(OC)c1. The summed E-state index contributed by atoms with van der Waals surface area (Å²) in [5, 5.41) is 13.2. The van der Waals surface area contributed by atoms with E-state index in [9.17, 15) is 4.39 Å². The molecule has 3 aromatic heterocycles. The number of piperidine rings is 1. The normalized spacial score (nSPS) is 19.2. The molecule has 12 nitrogen and oxygen atoms in total. The molecule has 1 aliphatic carbocycles. The van der Waals surface area contributed by atoms with Crippen LogP contribution in [0.4, 0.5) is 20.4 Å². The van der Waals surface area contributed by atoms with E-state index in [1.54, 1.807) is 31.0 Å². The second kappa shape index (κ2) is 13.7. The van der Waals surface area contributed by atoms with Gasteiger partial charge in [0.05, 0.1) is 57.3 Å². The summed E-state index contributed by atoms with van der Waals surface area (Å²) in [6.45, 7) is 2.15. The van der Waals surface area contributed by atoms with Crippen LogP contribution < -0.4 is 24.4 Å². The first-order valence-corrected chi connectivity index (χ1v) is 19.7. The van der Waals surface area contributed by atoms with Gasteiger partial charge in [0.15, 0.2) is 23.0 Å². The van der Waals surface area contributed by atoms with Crippen molar-refractivity contribution in [3.05, 3.63) is 59.9 Å². The molecule has 48 heavy (non-hydrogen) atoms. The molecule has 1 saturated heterocycles. The number of aromatic nitrogens is 6. The molecule has 254 valence electrons. The molecule has 3 atom stereocenters. The fourth-order valence-corrected chi connectivity index (χ4v) is 8.35. The summed E-state index contributed by atoms with van der Waals surface area (Å²) >= 11 is 2.26. The minimum atomic E-state index is -1.10. The second-order valence-electron chi connectivity index (χ2n) is 12.2. The van der Waals surface area contributed by atoms with Gasteiger partial charge in [-0.25, -0.2) is 18.7 Å². The Morgan fingerprint density at radius 3 is 2.62 bits per heavy atom. The molecule has 7 rings (SSSR count). The van der Waals surface area contributed by atoms with Gasteiger partial charge in [0.2, 0.25) is 5.95 Å². The minimum absolute atomic E-state index is 0.0649. The van der Waals surface area contributed by atoms with E-state index in [-0.39, 0.29) is 30.2 Å². The van der Waals surface area contributed by atoms with Crippen LogP contribution >= 0.6 is 28.5 Å². The molecule has 1 aliphatic heterocycles. The molecule has 5 aromatic rings. The van der Waals surface area contributed by atoms with E-state index in [2.05, 4.69) is 32.5 Å². The predicted octanol–water partition coefficient (Wildman–Crippen LogP) is 6.47. The molecule has 0 spiro atoms. The minimum Gasteiger partial charge on any atom is -0.497 e. The molecule has 0 bridgehead atoms. The van der Waals surface area contributed by atoms with Crippen molar-refractivity contribution in [2.45, 2.75) is 56.5 Å². The van der Waals surface area contributed by atoms with Crippen LogP contribution in [0.5, 0.6) is 17.2 Å². The number of rotatable bonds is 12. The van der Waals surface area contributed by atoms with E-state index in [0.717, 1.165) is 30.5 Å². The van der Waals surface area contributed by atoms with Gasteiger partial charge < -0.3 is 29.0 Å². The van der Waals surface area contributed by atoms with Crippen molar-refractivity contribution in [3.63, 3.8) is 0 Å². The molecule has 4 heterocycles. The number of hydrogen-bond acceptors (Lipinski definition) is 10. The molecule has 0 amide bonds. The maximum absolute atomic E-state index is 15.4. The molecular formula is C32H36F2IN8O4P. The number of methoxy groups -OCH3 is 3. The average Bonchev–Trinajstić information content (AvgIpc) is 3.74. The highest BCUT2D eigenvalue weighted by molar-refractivity contribution is 14.2. The maximum Gasteiger partial charge on any atom is 0.226 e. The van der Waals surface area contributed by atoms with E-state index >= 15 is 4.39 Å². The Morgan fingerprint density at radius 2 is 1.90 bits per heavy atom. The standard InChI is InChI=1S/C32H36F2IN8O4P/c1-44-23-6-5-19(27(10-23)45-2)13-36-31-38-26-12-28(46-3)25(34)11-24(26)30-39-29(40-43(30)31)20-9-21(33)16-41(15-20)22-14-37-42(17-22)18-32(47-48-35)7-4-8-32/h5-6,10-12,14,17,20-21,48H,4,7-9,13,15-16,18H2,1-3H3,(H,36,38). The lowest BCUT2D eigenvalue weighted by Gasteiger charge is -2.40. The molecular weight excluding hydrogens is 756 g/mol. The van der Waals surface area contributed by atoms with Crippen LogP contribution in [0.1, 0.15) is 43.0 Å². The van der Waals surface area contributed by atoms with E-state index in [1.165, 1.54) is 19.2 Å². The molecule has 1 saturated carbocycles. The van der Waals surface area contributed by atoms with E-state index in [4.69, 9.17) is 33.8 Å². The van der Waals surface area contributed by atoms with Crippen LogP contribution in [0.2, 0.25) is 0 Å². The number of benzene rings is 2. The van der Waals surface area contributed by atoms with Crippen LogP contribution in [0.25, 0.3) is 16.6 Å². The fraction of sp³-hybridized carbons (Fsp3) is 0.438. The van der Waals surface area contributed by atoms with Gasteiger partial charge in [-0.3, -0.25) is 4.68 Å². The van der Waals surface area contributed by atoms with Crippen molar-refractivity contribution in [2.24, 2.45) is 0 Å². The van der Waals surface area contributed by atoms with Crippen molar-refractivity contribution >= 4 is 56.7 Å².